The van der Waals surface area contributed by atoms with Crippen LogP contribution < -0.4 is 11.3 Å². The van der Waals surface area contributed by atoms with Crippen LogP contribution in [0.4, 0.5) is 5.69 Å². The smallest absolute Gasteiger partial charge is 0.340 e. The first kappa shape index (κ1) is 15.2. The molecule has 3 aromatic rings. The molecule has 0 unspecified atom stereocenters. The number of nitrogens with two attached hydrogens (primary N) is 1. The van der Waals surface area contributed by atoms with Crippen LogP contribution in [0.15, 0.2) is 34.4 Å². The van der Waals surface area contributed by atoms with Gasteiger partial charge in [0.1, 0.15) is 6.61 Å². The summed E-state index contributed by atoms with van der Waals surface area (Å²) in [7, 11) is 0. The molecule has 0 atom stereocenters. The molecule has 0 radical (unpaired) electrons. The molecule has 7 heteroatoms. The van der Waals surface area contributed by atoms with Crippen molar-refractivity contribution in [2.45, 2.75) is 20.5 Å². The second kappa shape index (κ2) is 5.85. The maximum atomic E-state index is 12.1. The SMILES string of the molecule is Cc1cccc(C(=O)OCc2cc(=O)n3c(C)csc3n2)c1N. The molecule has 3 rings (SSSR count). The minimum absolute atomic E-state index is 0.0745. The van der Waals surface area contributed by atoms with E-state index < -0.39 is 5.97 Å². The van der Waals surface area contributed by atoms with Crippen molar-refractivity contribution in [3.05, 3.63) is 62.5 Å². The molecule has 0 spiro atoms. The van der Waals surface area contributed by atoms with Gasteiger partial charge in [0.15, 0.2) is 4.96 Å². The van der Waals surface area contributed by atoms with Gasteiger partial charge in [0.05, 0.1) is 11.3 Å². The topological polar surface area (TPSA) is 86.7 Å². The van der Waals surface area contributed by atoms with E-state index in [0.717, 1.165) is 11.3 Å². The van der Waals surface area contributed by atoms with E-state index in [9.17, 15) is 9.59 Å². The summed E-state index contributed by atoms with van der Waals surface area (Å²) in [4.78, 5) is 29.1. The molecule has 0 amide bonds. The summed E-state index contributed by atoms with van der Waals surface area (Å²) in [6, 6.07) is 6.55. The van der Waals surface area contributed by atoms with E-state index in [-0.39, 0.29) is 12.2 Å². The highest BCUT2D eigenvalue weighted by Crippen LogP contribution is 2.18. The van der Waals surface area contributed by atoms with Crippen LogP contribution in [0.5, 0.6) is 0 Å². The van der Waals surface area contributed by atoms with Crippen molar-refractivity contribution in [3.63, 3.8) is 0 Å². The molecule has 0 saturated heterocycles. The Morgan fingerprint density at radius 3 is 2.96 bits per heavy atom. The summed E-state index contributed by atoms with van der Waals surface area (Å²) < 4.78 is 6.76. The van der Waals surface area contributed by atoms with Crippen LogP contribution in [0, 0.1) is 13.8 Å². The zero-order chi connectivity index (χ0) is 16.6. The Kier molecular flexibility index (Phi) is 3.87. The van der Waals surface area contributed by atoms with E-state index in [4.69, 9.17) is 10.5 Å². The standard InChI is InChI=1S/C16H15N3O3S/c1-9-4-3-5-12(14(9)17)15(21)22-7-11-6-13(20)19-10(2)8-23-16(19)18-11/h3-6,8H,7,17H2,1-2H3. The van der Waals surface area contributed by atoms with Crippen LogP contribution in [-0.2, 0) is 11.3 Å². The van der Waals surface area contributed by atoms with Gasteiger partial charge in [-0.25, -0.2) is 9.78 Å². The first-order chi connectivity index (χ1) is 11.0. The van der Waals surface area contributed by atoms with Gasteiger partial charge in [-0.05, 0) is 25.5 Å². The average Bonchev–Trinajstić information content (AvgIpc) is 2.89. The Morgan fingerprint density at radius 2 is 2.17 bits per heavy atom. The number of benzene rings is 1. The molecule has 6 nitrogen and oxygen atoms in total. The van der Waals surface area contributed by atoms with Gasteiger partial charge in [-0.3, -0.25) is 9.20 Å². The lowest BCUT2D eigenvalue weighted by Gasteiger charge is -2.08. The van der Waals surface area contributed by atoms with Gasteiger partial charge in [0, 0.05) is 22.8 Å². The molecule has 0 bridgehead atoms. The molecule has 0 aliphatic carbocycles. The second-order valence-corrected chi connectivity index (χ2v) is 6.03. The molecule has 0 aliphatic heterocycles. The van der Waals surface area contributed by atoms with Crippen LogP contribution in [-0.4, -0.2) is 15.4 Å². The number of ether oxygens (including phenoxy) is 1. The molecule has 2 heterocycles. The summed E-state index contributed by atoms with van der Waals surface area (Å²) in [6.07, 6.45) is 0. The number of rotatable bonds is 3. The van der Waals surface area contributed by atoms with Gasteiger partial charge in [0.25, 0.3) is 5.56 Å². The highest BCUT2D eigenvalue weighted by molar-refractivity contribution is 7.15. The van der Waals surface area contributed by atoms with E-state index in [1.165, 1.54) is 21.8 Å². The van der Waals surface area contributed by atoms with Crippen molar-refractivity contribution < 1.29 is 9.53 Å². The van der Waals surface area contributed by atoms with Gasteiger partial charge in [0.2, 0.25) is 0 Å². The lowest BCUT2D eigenvalue weighted by Crippen LogP contribution is -2.16. The Labute approximate surface area is 136 Å². The minimum atomic E-state index is -0.532. The lowest BCUT2D eigenvalue weighted by molar-refractivity contribution is 0.0469. The normalized spacial score (nSPS) is 10.9. The third-order valence-electron chi connectivity index (χ3n) is 3.52. The number of thiazole rings is 1. The Morgan fingerprint density at radius 1 is 1.39 bits per heavy atom. The van der Waals surface area contributed by atoms with E-state index >= 15 is 0 Å². The number of nitrogen functional groups attached to an aromatic ring is 1. The molecular weight excluding hydrogens is 314 g/mol. The van der Waals surface area contributed by atoms with Crippen molar-refractivity contribution in [1.29, 1.82) is 0 Å². The Bertz CT molecular complexity index is 959. The van der Waals surface area contributed by atoms with Gasteiger partial charge in [-0.15, -0.1) is 11.3 Å². The number of aryl methyl sites for hydroxylation is 2. The van der Waals surface area contributed by atoms with E-state index in [1.54, 1.807) is 12.1 Å². The van der Waals surface area contributed by atoms with Crippen molar-refractivity contribution in [1.82, 2.24) is 9.38 Å². The second-order valence-electron chi connectivity index (χ2n) is 5.19. The molecule has 118 valence electrons. The van der Waals surface area contributed by atoms with Crippen LogP contribution in [0.1, 0.15) is 27.3 Å². The number of aromatic nitrogens is 2. The average molecular weight is 329 g/mol. The summed E-state index contributed by atoms with van der Waals surface area (Å²) in [5.41, 5.74) is 8.47. The van der Waals surface area contributed by atoms with Crippen LogP contribution in [0.3, 0.4) is 0 Å². The minimum Gasteiger partial charge on any atom is -0.456 e. The number of anilines is 1. The maximum Gasteiger partial charge on any atom is 0.340 e. The van der Waals surface area contributed by atoms with Gasteiger partial charge < -0.3 is 10.5 Å². The van der Waals surface area contributed by atoms with Crippen molar-refractivity contribution in [3.8, 4) is 0 Å². The first-order valence-electron chi connectivity index (χ1n) is 6.96. The summed E-state index contributed by atoms with van der Waals surface area (Å²) in [5, 5.41) is 1.85. The number of hydrogen-bond donors (Lipinski definition) is 1. The third kappa shape index (κ3) is 2.83. The molecule has 2 N–H and O–H groups in total. The molecule has 23 heavy (non-hydrogen) atoms. The summed E-state index contributed by atoms with van der Waals surface area (Å²) in [6.45, 7) is 3.59. The quantitative estimate of drug-likeness (QED) is 0.588. The van der Waals surface area contributed by atoms with Crippen molar-refractivity contribution >= 4 is 28.0 Å². The van der Waals surface area contributed by atoms with Crippen molar-refractivity contribution in [2.75, 3.05) is 5.73 Å². The predicted molar refractivity (Wildman–Crippen MR) is 88.8 cm³/mol. The molecule has 1 aromatic carbocycles. The Balaban J connectivity index is 1.82. The van der Waals surface area contributed by atoms with Gasteiger partial charge in [-0.1, -0.05) is 12.1 Å². The summed E-state index contributed by atoms with van der Waals surface area (Å²) >= 11 is 1.37. The number of carbonyl (C=O) groups is 1. The van der Waals surface area contributed by atoms with Crippen molar-refractivity contribution in [2.24, 2.45) is 0 Å². The first-order valence-corrected chi connectivity index (χ1v) is 7.84. The largest absolute Gasteiger partial charge is 0.456 e. The van der Waals surface area contributed by atoms with Crippen LogP contribution in [0.2, 0.25) is 0 Å². The highest BCUT2D eigenvalue weighted by Gasteiger charge is 2.14. The third-order valence-corrected chi connectivity index (χ3v) is 4.47. The summed E-state index contributed by atoms with van der Waals surface area (Å²) in [5.74, 6) is -0.532. The zero-order valence-corrected chi connectivity index (χ0v) is 13.5. The maximum absolute atomic E-state index is 12.1. The fraction of sp³-hybridized carbons (Fsp3) is 0.188. The molecule has 0 fully saturated rings. The van der Waals surface area contributed by atoms with E-state index in [0.29, 0.717) is 21.9 Å². The highest BCUT2D eigenvalue weighted by atomic mass is 32.1. The number of hydrogen-bond acceptors (Lipinski definition) is 6. The zero-order valence-electron chi connectivity index (χ0n) is 12.7. The lowest BCUT2D eigenvalue weighted by atomic mass is 10.1. The van der Waals surface area contributed by atoms with E-state index in [2.05, 4.69) is 4.98 Å². The molecule has 2 aromatic heterocycles. The number of nitrogens with zero attached hydrogens (tertiary/aromatic N) is 2. The Hall–Kier alpha value is -2.67. The van der Waals surface area contributed by atoms with Gasteiger partial charge >= 0.3 is 5.97 Å². The fourth-order valence-electron chi connectivity index (χ4n) is 2.25. The molecule has 0 saturated carbocycles. The molecule has 0 aliphatic rings. The van der Waals surface area contributed by atoms with Gasteiger partial charge in [-0.2, -0.15) is 0 Å². The van der Waals surface area contributed by atoms with Crippen LogP contribution in [0.25, 0.3) is 4.96 Å². The fourth-order valence-corrected chi connectivity index (χ4v) is 3.14. The number of esters is 1. The number of para-hydroxylation sites is 1. The number of fused-ring (bicyclic) bond motifs is 1. The number of carbonyl (C=O) groups excluding carboxylic acids is 1. The molecular formula is C16H15N3O3S. The van der Waals surface area contributed by atoms with Crippen LogP contribution >= 0.6 is 11.3 Å². The monoisotopic (exact) mass is 329 g/mol. The predicted octanol–water partition coefficient (Wildman–Crippen LogP) is 2.31. The van der Waals surface area contributed by atoms with E-state index in [1.807, 2.05) is 25.3 Å².